The molecule has 0 saturated heterocycles. The second-order valence-corrected chi connectivity index (χ2v) is 4.11. The average molecular weight is 172 g/mol. The van der Waals surface area contributed by atoms with Crippen LogP contribution in [0.15, 0.2) is 0 Å². The molecule has 0 bridgehead atoms. The van der Waals surface area contributed by atoms with Crippen molar-refractivity contribution in [3.05, 3.63) is 0 Å². The third-order valence-electron chi connectivity index (χ3n) is 2.04. The smallest absolute Gasteiger partial charge is 0.132 e. The molecular weight excluding hydrogens is 152 g/mol. The van der Waals surface area contributed by atoms with E-state index in [2.05, 4.69) is 0 Å². The van der Waals surface area contributed by atoms with Gasteiger partial charge in [-0.1, -0.05) is 20.8 Å². The van der Waals surface area contributed by atoms with Crippen LogP contribution in [0.25, 0.3) is 0 Å². The Bertz CT molecular complexity index is 139. The first-order chi connectivity index (χ1) is 5.52. The Morgan fingerprint density at radius 3 is 2.33 bits per heavy atom. The van der Waals surface area contributed by atoms with Gasteiger partial charge in [0.05, 0.1) is 0 Å². The number of hydrogen-bond donors (Lipinski definition) is 1. The van der Waals surface area contributed by atoms with Crippen molar-refractivity contribution in [1.29, 1.82) is 0 Å². The van der Waals surface area contributed by atoms with Gasteiger partial charge in [-0.2, -0.15) is 0 Å². The minimum Gasteiger partial charge on any atom is -0.396 e. The van der Waals surface area contributed by atoms with Gasteiger partial charge in [-0.15, -0.1) is 0 Å². The molecule has 0 aromatic rings. The summed E-state index contributed by atoms with van der Waals surface area (Å²) in [5, 5.41) is 8.93. The molecule has 0 spiro atoms. The van der Waals surface area contributed by atoms with Crippen molar-refractivity contribution in [3.8, 4) is 0 Å². The van der Waals surface area contributed by atoms with E-state index in [0.717, 1.165) is 12.8 Å². The molecule has 0 unspecified atom stereocenters. The fourth-order valence-electron chi connectivity index (χ4n) is 0.961. The molecule has 0 atom stereocenters. The maximum Gasteiger partial charge on any atom is 0.132 e. The summed E-state index contributed by atoms with van der Waals surface area (Å²) in [6, 6.07) is 0. The van der Waals surface area contributed by atoms with Gasteiger partial charge in [0.25, 0.3) is 0 Å². The van der Waals surface area contributed by atoms with E-state index in [0.29, 0.717) is 18.6 Å². The summed E-state index contributed by atoms with van der Waals surface area (Å²) in [5.74, 6) is 0.319. The Morgan fingerprint density at radius 1 is 1.33 bits per heavy atom. The number of rotatable bonds is 6. The van der Waals surface area contributed by atoms with Gasteiger partial charge in [-0.05, 0) is 18.3 Å². The summed E-state index contributed by atoms with van der Waals surface area (Å²) in [6.45, 7) is 6.12. The molecule has 0 aliphatic heterocycles. The summed E-state index contributed by atoms with van der Waals surface area (Å²) in [4.78, 5) is 11.1. The van der Waals surface area contributed by atoms with Crippen molar-refractivity contribution in [3.63, 3.8) is 0 Å². The van der Waals surface area contributed by atoms with Crippen LogP contribution in [0.5, 0.6) is 0 Å². The highest BCUT2D eigenvalue weighted by molar-refractivity contribution is 5.78. The maximum absolute atomic E-state index is 11.1. The topological polar surface area (TPSA) is 37.3 Å². The predicted octanol–water partition coefficient (Wildman–Crippen LogP) is 2.15. The van der Waals surface area contributed by atoms with Crippen molar-refractivity contribution in [2.75, 3.05) is 6.61 Å². The normalized spacial score (nSPS) is 11.7. The second kappa shape index (κ2) is 5.31. The first-order valence-corrected chi connectivity index (χ1v) is 4.64. The molecule has 0 aliphatic rings. The molecule has 0 saturated carbocycles. The quantitative estimate of drug-likeness (QED) is 0.666. The summed E-state index contributed by atoms with van der Waals surface area (Å²) in [6.07, 6.45) is 3.02. The molecule has 0 rings (SSSR count). The molecule has 12 heavy (non-hydrogen) atoms. The summed E-state index contributed by atoms with van der Waals surface area (Å²) >= 11 is 0. The third kappa shape index (κ3) is 5.30. The largest absolute Gasteiger partial charge is 0.396 e. The molecule has 0 fully saturated rings. The fraction of sp³-hybridized carbons (Fsp3) is 0.900. The Morgan fingerprint density at radius 2 is 1.92 bits per heavy atom. The van der Waals surface area contributed by atoms with Gasteiger partial charge in [-0.3, -0.25) is 4.79 Å². The number of hydrogen-bond acceptors (Lipinski definition) is 2. The average Bonchev–Trinajstić information content (AvgIpc) is 2.02. The maximum atomic E-state index is 11.1. The lowest BCUT2D eigenvalue weighted by Gasteiger charge is -2.20. The van der Waals surface area contributed by atoms with Crippen LogP contribution in [-0.2, 0) is 4.79 Å². The SMILES string of the molecule is CCCC(=O)CCC(C)(C)CO. The standard InChI is InChI=1S/C10H20O2/c1-4-5-9(12)6-7-10(2,3)8-11/h11H,4-8H2,1-3H3. The van der Waals surface area contributed by atoms with Gasteiger partial charge in [0, 0.05) is 19.4 Å². The number of aliphatic hydroxyl groups excluding tert-OH is 1. The van der Waals surface area contributed by atoms with Crippen LogP contribution in [0.3, 0.4) is 0 Å². The van der Waals surface area contributed by atoms with Gasteiger partial charge in [0.15, 0.2) is 0 Å². The number of carbonyl (C=O) groups is 1. The summed E-state index contributed by atoms with van der Waals surface area (Å²) < 4.78 is 0. The van der Waals surface area contributed by atoms with Crippen LogP contribution in [0, 0.1) is 5.41 Å². The van der Waals surface area contributed by atoms with Crippen molar-refractivity contribution in [1.82, 2.24) is 0 Å². The minimum atomic E-state index is -0.0938. The van der Waals surface area contributed by atoms with E-state index >= 15 is 0 Å². The zero-order valence-corrected chi connectivity index (χ0v) is 8.39. The monoisotopic (exact) mass is 172 g/mol. The minimum absolute atomic E-state index is 0.0938. The van der Waals surface area contributed by atoms with Gasteiger partial charge in [-0.25, -0.2) is 0 Å². The molecule has 72 valence electrons. The third-order valence-corrected chi connectivity index (χ3v) is 2.04. The summed E-state index contributed by atoms with van der Waals surface area (Å²) in [5.41, 5.74) is -0.0938. The second-order valence-electron chi connectivity index (χ2n) is 4.11. The van der Waals surface area contributed by atoms with E-state index in [-0.39, 0.29) is 12.0 Å². The first kappa shape index (κ1) is 11.6. The van der Waals surface area contributed by atoms with Gasteiger partial charge < -0.3 is 5.11 Å². The molecular formula is C10H20O2. The van der Waals surface area contributed by atoms with E-state index in [1.807, 2.05) is 20.8 Å². The van der Waals surface area contributed by atoms with Crippen LogP contribution >= 0.6 is 0 Å². The van der Waals surface area contributed by atoms with Crippen molar-refractivity contribution >= 4 is 5.78 Å². The van der Waals surface area contributed by atoms with Crippen LogP contribution in [0.2, 0.25) is 0 Å². The number of aliphatic hydroxyl groups is 1. The van der Waals surface area contributed by atoms with Crippen molar-refractivity contribution in [2.45, 2.75) is 46.5 Å². The van der Waals surface area contributed by atoms with E-state index in [1.165, 1.54) is 0 Å². The lowest BCUT2D eigenvalue weighted by Crippen LogP contribution is -2.18. The Labute approximate surface area is 75.0 Å². The molecule has 0 amide bonds. The van der Waals surface area contributed by atoms with Gasteiger partial charge >= 0.3 is 0 Å². The van der Waals surface area contributed by atoms with Crippen LogP contribution < -0.4 is 0 Å². The molecule has 0 heterocycles. The highest BCUT2D eigenvalue weighted by Crippen LogP contribution is 2.21. The lowest BCUT2D eigenvalue weighted by atomic mass is 9.87. The van der Waals surface area contributed by atoms with Crippen LogP contribution in [0.4, 0.5) is 0 Å². The van der Waals surface area contributed by atoms with Crippen molar-refractivity contribution < 1.29 is 9.90 Å². The molecule has 0 aromatic heterocycles. The summed E-state index contributed by atoms with van der Waals surface area (Å²) in [7, 11) is 0. The van der Waals surface area contributed by atoms with E-state index < -0.39 is 0 Å². The van der Waals surface area contributed by atoms with Gasteiger partial charge in [0.2, 0.25) is 0 Å². The Kier molecular flexibility index (Phi) is 5.14. The van der Waals surface area contributed by atoms with Gasteiger partial charge in [0.1, 0.15) is 5.78 Å². The molecule has 0 aromatic carbocycles. The highest BCUT2D eigenvalue weighted by atomic mass is 16.3. The number of ketones is 1. The van der Waals surface area contributed by atoms with E-state index in [1.54, 1.807) is 0 Å². The lowest BCUT2D eigenvalue weighted by molar-refractivity contribution is -0.119. The number of Topliss-reactive ketones (excluding diaryl/α,β-unsaturated/α-hetero) is 1. The first-order valence-electron chi connectivity index (χ1n) is 4.64. The fourth-order valence-corrected chi connectivity index (χ4v) is 0.961. The zero-order valence-electron chi connectivity index (χ0n) is 8.39. The molecule has 0 aliphatic carbocycles. The van der Waals surface area contributed by atoms with E-state index in [4.69, 9.17) is 5.11 Å². The van der Waals surface area contributed by atoms with Crippen molar-refractivity contribution in [2.24, 2.45) is 5.41 Å². The zero-order chi connectivity index (χ0) is 9.61. The molecule has 2 heteroatoms. The molecule has 0 radical (unpaired) electrons. The Hall–Kier alpha value is -0.370. The van der Waals surface area contributed by atoms with E-state index in [9.17, 15) is 4.79 Å². The van der Waals surface area contributed by atoms with Crippen LogP contribution in [-0.4, -0.2) is 17.5 Å². The predicted molar refractivity (Wildman–Crippen MR) is 50.0 cm³/mol. The van der Waals surface area contributed by atoms with Crippen LogP contribution in [0.1, 0.15) is 46.5 Å². The molecule has 2 nitrogen and oxygen atoms in total. The molecule has 1 N–H and O–H groups in total. The number of carbonyl (C=O) groups excluding carboxylic acids is 1. The highest BCUT2D eigenvalue weighted by Gasteiger charge is 2.17. The Balaban J connectivity index is 3.60.